The lowest BCUT2D eigenvalue weighted by molar-refractivity contribution is -0.125. The number of anilines is 1. The first-order valence-corrected chi connectivity index (χ1v) is 9.25. The lowest BCUT2D eigenvalue weighted by Gasteiger charge is -2.10. The van der Waals surface area contributed by atoms with Crippen LogP contribution in [0.2, 0.25) is 0 Å². The Morgan fingerprint density at radius 2 is 1.69 bits per heavy atom. The molecule has 2 unspecified atom stereocenters. The largest absolute Gasteiger partial charge is 0.356 e. The molecule has 1 saturated carbocycles. The highest BCUT2D eigenvalue weighted by Crippen LogP contribution is 2.39. The van der Waals surface area contributed by atoms with E-state index in [4.69, 9.17) is 0 Å². The second kappa shape index (κ2) is 8.17. The van der Waals surface area contributed by atoms with E-state index < -0.39 is 0 Å². The van der Waals surface area contributed by atoms with E-state index in [-0.39, 0.29) is 23.7 Å². The van der Waals surface area contributed by atoms with Gasteiger partial charge in [0, 0.05) is 12.2 Å². The minimum Gasteiger partial charge on any atom is -0.356 e. The summed E-state index contributed by atoms with van der Waals surface area (Å²) in [6, 6.07) is 16.1. The van der Waals surface area contributed by atoms with Crippen LogP contribution in [0.4, 0.5) is 5.69 Å². The van der Waals surface area contributed by atoms with E-state index in [0.717, 1.165) is 29.7 Å². The summed E-state index contributed by atoms with van der Waals surface area (Å²) in [4.78, 5) is 24.6. The van der Waals surface area contributed by atoms with Crippen molar-refractivity contribution in [2.75, 3.05) is 11.9 Å². The summed E-state index contributed by atoms with van der Waals surface area (Å²) in [6.45, 7) is 4.66. The first kappa shape index (κ1) is 18.2. The van der Waals surface area contributed by atoms with Crippen LogP contribution in [0.25, 0.3) is 0 Å². The standard InChI is InChI=1S/C22H26N2O2/c1-15-8-6-12-20(16(15)2)24-22(26)19-14-18(19)21(25)23-13-7-11-17-9-4-3-5-10-17/h3-6,8-10,12,18-19H,7,11,13-14H2,1-2H3,(H,23,25)(H,24,26). The van der Waals surface area contributed by atoms with E-state index in [9.17, 15) is 9.59 Å². The Kier molecular flexibility index (Phi) is 5.71. The monoisotopic (exact) mass is 350 g/mol. The number of benzene rings is 2. The Bertz CT molecular complexity index is 786. The first-order chi connectivity index (χ1) is 12.6. The number of carbonyl (C=O) groups excluding carboxylic acids is 2. The summed E-state index contributed by atoms with van der Waals surface area (Å²) in [7, 11) is 0. The molecular formula is C22H26N2O2. The molecule has 2 amide bonds. The van der Waals surface area contributed by atoms with Gasteiger partial charge in [0.25, 0.3) is 0 Å². The number of hydrogen-bond donors (Lipinski definition) is 2. The van der Waals surface area contributed by atoms with Crippen LogP contribution in [-0.2, 0) is 16.0 Å². The lowest BCUT2D eigenvalue weighted by Crippen LogP contribution is -2.28. The van der Waals surface area contributed by atoms with Gasteiger partial charge in [0.1, 0.15) is 0 Å². The minimum atomic E-state index is -0.205. The molecule has 2 atom stereocenters. The third-order valence-electron chi connectivity index (χ3n) is 5.11. The molecule has 0 radical (unpaired) electrons. The van der Waals surface area contributed by atoms with Gasteiger partial charge in [-0.25, -0.2) is 0 Å². The van der Waals surface area contributed by atoms with E-state index in [1.165, 1.54) is 5.56 Å². The Labute approximate surface area is 155 Å². The maximum Gasteiger partial charge on any atom is 0.228 e. The molecule has 2 aromatic rings. The molecule has 1 aliphatic rings. The van der Waals surface area contributed by atoms with Crippen LogP contribution in [-0.4, -0.2) is 18.4 Å². The van der Waals surface area contributed by atoms with Crippen molar-refractivity contribution >= 4 is 17.5 Å². The third-order valence-corrected chi connectivity index (χ3v) is 5.11. The molecule has 0 saturated heterocycles. The second-order valence-electron chi connectivity index (χ2n) is 7.07. The van der Waals surface area contributed by atoms with Crippen molar-refractivity contribution in [2.45, 2.75) is 33.1 Å². The molecule has 1 fully saturated rings. The van der Waals surface area contributed by atoms with Crippen LogP contribution in [0.5, 0.6) is 0 Å². The average molecular weight is 350 g/mol. The Morgan fingerprint density at radius 1 is 0.962 bits per heavy atom. The van der Waals surface area contributed by atoms with Gasteiger partial charge in [0.05, 0.1) is 11.8 Å². The summed E-state index contributed by atoms with van der Waals surface area (Å²) in [5.41, 5.74) is 4.33. The molecular weight excluding hydrogens is 324 g/mol. The van der Waals surface area contributed by atoms with Crippen LogP contribution in [0.1, 0.15) is 29.5 Å². The highest BCUT2D eigenvalue weighted by Gasteiger charge is 2.47. The smallest absolute Gasteiger partial charge is 0.228 e. The number of aryl methyl sites for hydroxylation is 2. The molecule has 4 heteroatoms. The zero-order chi connectivity index (χ0) is 18.5. The maximum absolute atomic E-state index is 12.4. The fourth-order valence-corrected chi connectivity index (χ4v) is 3.17. The SMILES string of the molecule is Cc1cccc(NC(=O)C2CC2C(=O)NCCCc2ccccc2)c1C. The Morgan fingerprint density at radius 3 is 2.46 bits per heavy atom. The van der Waals surface area contributed by atoms with E-state index >= 15 is 0 Å². The zero-order valence-corrected chi connectivity index (χ0v) is 15.4. The van der Waals surface area contributed by atoms with Crippen molar-refractivity contribution in [3.63, 3.8) is 0 Å². The molecule has 3 rings (SSSR count). The molecule has 26 heavy (non-hydrogen) atoms. The molecule has 0 spiro atoms. The van der Waals surface area contributed by atoms with Crippen LogP contribution < -0.4 is 10.6 Å². The maximum atomic E-state index is 12.4. The van der Waals surface area contributed by atoms with Crippen molar-refractivity contribution in [3.8, 4) is 0 Å². The summed E-state index contributed by atoms with van der Waals surface area (Å²) < 4.78 is 0. The minimum absolute atomic E-state index is 0.000763. The van der Waals surface area contributed by atoms with Crippen LogP contribution in [0.15, 0.2) is 48.5 Å². The zero-order valence-electron chi connectivity index (χ0n) is 15.4. The number of nitrogens with one attached hydrogen (secondary N) is 2. The van der Waals surface area contributed by atoms with Crippen LogP contribution >= 0.6 is 0 Å². The third kappa shape index (κ3) is 4.51. The fraction of sp³-hybridized carbons (Fsp3) is 0.364. The predicted octanol–water partition coefficient (Wildman–Crippen LogP) is 3.63. The van der Waals surface area contributed by atoms with Crippen molar-refractivity contribution in [1.29, 1.82) is 0 Å². The van der Waals surface area contributed by atoms with Crippen LogP contribution in [0.3, 0.4) is 0 Å². The molecule has 4 nitrogen and oxygen atoms in total. The number of carbonyl (C=O) groups is 2. The van der Waals surface area contributed by atoms with Crippen LogP contribution in [0, 0.1) is 25.7 Å². The predicted molar refractivity (Wildman–Crippen MR) is 104 cm³/mol. The topological polar surface area (TPSA) is 58.2 Å². The molecule has 1 aliphatic carbocycles. The molecule has 2 aromatic carbocycles. The van der Waals surface area contributed by atoms with Crippen molar-refractivity contribution in [2.24, 2.45) is 11.8 Å². The van der Waals surface area contributed by atoms with Gasteiger partial charge in [-0.3, -0.25) is 9.59 Å². The normalized spacial score (nSPS) is 18.2. The van der Waals surface area contributed by atoms with Gasteiger partial charge in [0.15, 0.2) is 0 Å². The highest BCUT2D eigenvalue weighted by molar-refractivity contribution is 6.00. The molecule has 136 valence electrons. The highest BCUT2D eigenvalue weighted by atomic mass is 16.2. The summed E-state index contributed by atoms with van der Waals surface area (Å²) in [5, 5.41) is 5.93. The van der Waals surface area contributed by atoms with Gasteiger partial charge in [-0.2, -0.15) is 0 Å². The van der Waals surface area contributed by atoms with Gasteiger partial charge in [-0.05, 0) is 55.9 Å². The number of hydrogen-bond acceptors (Lipinski definition) is 2. The molecule has 0 bridgehead atoms. The fourth-order valence-electron chi connectivity index (χ4n) is 3.17. The molecule has 0 aromatic heterocycles. The second-order valence-corrected chi connectivity index (χ2v) is 7.07. The number of rotatable bonds is 7. The average Bonchev–Trinajstić information content (AvgIpc) is 3.44. The van der Waals surface area contributed by atoms with Gasteiger partial charge in [-0.15, -0.1) is 0 Å². The first-order valence-electron chi connectivity index (χ1n) is 9.25. The Balaban J connectivity index is 1.40. The van der Waals surface area contributed by atoms with Gasteiger partial charge < -0.3 is 10.6 Å². The van der Waals surface area contributed by atoms with E-state index in [2.05, 4.69) is 22.8 Å². The van der Waals surface area contributed by atoms with Gasteiger partial charge >= 0.3 is 0 Å². The summed E-state index contributed by atoms with van der Waals surface area (Å²) >= 11 is 0. The lowest BCUT2D eigenvalue weighted by atomic mass is 10.1. The Hall–Kier alpha value is -2.62. The van der Waals surface area contributed by atoms with E-state index in [1.807, 2.05) is 50.2 Å². The van der Waals surface area contributed by atoms with Crippen molar-refractivity contribution in [3.05, 3.63) is 65.2 Å². The van der Waals surface area contributed by atoms with Gasteiger partial charge in [0.2, 0.25) is 11.8 Å². The molecule has 0 aliphatic heterocycles. The van der Waals surface area contributed by atoms with E-state index in [1.54, 1.807) is 0 Å². The summed E-state index contributed by atoms with van der Waals surface area (Å²) in [6.07, 6.45) is 2.49. The van der Waals surface area contributed by atoms with Crippen molar-refractivity contribution < 1.29 is 9.59 Å². The van der Waals surface area contributed by atoms with Gasteiger partial charge in [-0.1, -0.05) is 42.5 Å². The number of amides is 2. The molecule has 0 heterocycles. The summed E-state index contributed by atoms with van der Waals surface area (Å²) in [5.74, 6) is -0.441. The van der Waals surface area contributed by atoms with E-state index in [0.29, 0.717) is 13.0 Å². The molecule has 2 N–H and O–H groups in total. The quantitative estimate of drug-likeness (QED) is 0.749. The van der Waals surface area contributed by atoms with Crippen molar-refractivity contribution in [1.82, 2.24) is 5.32 Å².